The first-order chi connectivity index (χ1) is 14.9. The Balaban J connectivity index is 1.52. The number of hydrogen-bond acceptors (Lipinski definition) is 4. The van der Waals surface area contributed by atoms with E-state index in [2.05, 4.69) is 19.2 Å². The molecule has 2 bridgehead atoms. The number of nitrogens with one attached hydrogen (secondary N) is 1. The van der Waals surface area contributed by atoms with Crippen molar-refractivity contribution in [2.75, 3.05) is 27.3 Å². The van der Waals surface area contributed by atoms with Crippen LogP contribution in [0.2, 0.25) is 0 Å². The summed E-state index contributed by atoms with van der Waals surface area (Å²) in [5.41, 5.74) is 2.08. The van der Waals surface area contributed by atoms with Crippen molar-refractivity contribution in [3.63, 3.8) is 0 Å². The molecule has 2 aliphatic heterocycles. The third-order valence-electron chi connectivity index (χ3n) is 6.48. The van der Waals surface area contributed by atoms with Crippen molar-refractivity contribution in [1.29, 1.82) is 0 Å². The second kappa shape index (κ2) is 8.65. The van der Waals surface area contributed by atoms with Crippen LogP contribution in [0.25, 0.3) is 0 Å². The molecule has 1 N–H and O–H groups in total. The topological polar surface area (TPSA) is 72.8 Å². The highest BCUT2D eigenvalue weighted by molar-refractivity contribution is 5.75. The van der Waals surface area contributed by atoms with Crippen molar-refractivity contribution >= 4 is 6.03 Å². The molecule has 0 spiro atoms. The van der Waals surface area contributed by atoms with Crippen molar-refractivity contribution < 1.29 is 14.3 Å². The van der Waals surface area contributed by atoms with Gasteiger partial charge in [0.2, 0.25) is 0 Å². The molecule has 1 fully saturated rings. The predicted molar refractivity (Wildman–Crippen MR) is 119 cm³/mol. The Morgan fingerprint density at radius 2 is 1.84 bits per heavy atom. The van der Waals surface area contributed by atoms with Gasteiger partial charge in [-0.2, -0.15) is 0 Å². The SMILES string of the molecule is COc1ccc([C@@H](NC(=O)N2C[C@H]3C[C@@H](C2)c2cccc(=O)n2C3)C(C)C)cc1OC. The lowest BCUT2D eigenvalue weighted by Gasteiger charge is -2.43. The van der Waals surface area contributed by atoms with E-state index in [1.807, 2.05) is 39.8 Å². The molecule has 0 unspecified atom stereocenters. The maximum atomic E-state index is 13.3. The zero-order valence-electron chi connectivity index (χ0n) is 18.6. The molecular formula is C24H31N3O4. The predicted octanol–water partition coefficient (Wildman–Crippen LogP) is 3.39. The summed E-state index contributed by atoms with van der Waals surface area (Å²) in [7, 11) is 3.22. The van der Waals surface area contributed by atoms with Gasteiger partial charge in [0, 0.05) is 37.3 Å². The summed E-state index contributed by atoms with van der Waals surface area (Å²) in [4.78, 5) is 27.4. The van der Waals surface area contributed by atoms with Crippen molar-refractivity contribution in [2.24, 2.45) is 11.8 Å². The van der Waals surface area contributed by atoms with Gasteiger partial charge in [0.15, 0.2) is 11.5 Å². The van der Waals surface area contributed by atoms with Gasteiger partial charge in [0.05, 0.1) is 20.3 Å². The number of amides is 2. The Hall–Kier alpha value is -2.96. The highest BCUT2D eigenvalue weighted by Gasteiger charge is 2.37. The van der Waals surface area contributed by atoms with Crippen LogP contribution in [0.5, 0.6) is 11.5 Å². The van der Waals surface area contributed by atoms with Gasteiger partial charge in [-0.05, 0) is 42.0 Å². The molecule has 0 aliphatic carbocycles. The normalized spacial score (nSPS) is 20.7. The second-order valence-electron chi connectivity index (χ2n) is 8.89. The van der Waals surface area contributed by atoms with Gasteiger partial charge in [0.25, 0.3) is 5.56 Å². The quantitative estimate of drug-likeness (QED) is 0.797. The zero-order chi connectivity index (χ0) is 22.1. The molecule has 1 aromatic carbocycles. The van der Waals surface area contributed by atoms with Crippen molar-refractivity contribution in [2.45, 2.75) is 38.8 Å². The van der Waals surface area contributed by atoms with E-state index in [1.165, 1.54) is 0 Å². The molecule has 2 aliphatic rings. The Morgan fingerprint density at radius 1 is 1.06 bits per heavy atom. The summed E-state index contributed by atoms with van der Waals surface area (Å²) in [6.07, 6.45) is 1.02. The van der Waals surface area contributed by atoms with Crippen LogP contribution >= 0.6 is 0 Å². The van der Waals surface area contributed by atoms with Crippen LogP contribution in [0.1, 0.15) is 43.5 Å². The number of rotatable bonds is 5. The smallest absolute Gasteiger partial charge is 0.317 e. The second-order valence-corrected chi connectivity index (χ2v) is 8.89. The summed E-state index contributed by atoms with van der Waals surface area (Å²) in [6, 6.07) is 11.0. The van der Waals surface area contributed by atoms with E-state index >= 15 is 0 Å². The van der Waals surface area contributed by atoms with Crippen molar-refractivity contribution in [3.05, 3.63) is 58.0 Å². The molecule has 2 aromatic rings. The minimum Gasteiger partial charge on any atom is -0.493 e. The van der Waals surface area contributed by atoms with E-state index in [1.54, 1.807) is 20.3 Å². The summed E-state index contributed by atoms with van der Waals surface area (Å²) in [5, 5.41) is 3.24. The number of piperidine rings is 1. The average Bonchev–Trinajstić information content (AvgIpc) is 2.77. The van der Waals surface area contributed by atoms with Gasteiger partial charge in [-0.15, -0.1) is 0 Å². The van der Waals surface area contributed by atoms with E-state index in [9.17, 15) is 9.59 Å². The monoisotopic (exact) mass is 425 g/mol. The van der Waals surface area contributed by atoms with Crippen LogP contribution in [0.4, 0.5) is 4.79 Å². The zero-order valence-corrected chi connectivity index (χ0v) is 18.6. The van der Waals surface area contributed by atoms with Crippen LogP contribution < -0.4 is 20.3 Å². The lowest BCUT2D eigenvalue weighted by Crippen LogP contribution is -2.52. The number of urea groups is 1. The molecule has 3 atom stereocenters. The Kier molecular flexibility index (Phi) is 5.94. The van der Waals surface area contributed by atoms with E-state index < -0.39 is 0 Å². The third-order valence-corrected chi connectivity index (χ3v) is 6.48. The molecule has 0 radical (unpaired) electrons. The van der Waals surface area contributed by atoms with Crippen LogP contribution in [0.3, 0.4) is 0 Å². The molecule has 31 heavy (non-hydrogen) atoms. The van der Waals surface area contributed by atoms with Crippen LogP contribution in [0, 0.1) is 11.8 Å². The molecule has 166 valence electrons. The van der Waals surface area contributed by atoms with Crippen LogP contribution in [-0.4, -0.2) is 42.8 Å². The van der Waals surface area contributed by atoms with E-state index in [4.69, 9.17) is 9.47 Å². The molecule has 4 rings (SSSR count). The molecule has 2 amide bonds. The van der Waals surface area contributed by atoms with Gasteiger partial charge >= 0.3 is 6.03 Å². The number of aromatic nitrogens is 1. The molecule has 0 saturated carbocycles. The van der Waals surface area contributed by atoms with E-state index in [0.717, 1.165) is 17.7 Å². The molecule has 3 heterocycles. The Labute approximate surface area is 183 Å². The maximum Gasteiger partial charge on any atom is 0.317 e. The number of carbonyl (C=O) groups excluding carboxylic acids is 1. The van der Waals surface area contributed by atoms with E-state index in [0.29, 0.717) is 37.1 Å². The largest absolute Gasteiger partial charge is 0.493 e. The summed E-state index contributed by atoms with van der Waals surface area (Å²) >= 11 is 0. The average molecular weight is 426 g/mol. The molecule has 7 heteroatoms. The molecule has 7 nitrogen and oxygen atoms in total. The van der Waals surface area contributed by atoms with Crippen LogP contribution in [-0.2, 0) is 6.54 Å². The standard InChI is InChI=1S/C24H31N3O4/c1-15(2)23(17-8-9-20(30-3)21(11-17)31-4)25-24(29)26-12-16-10-18(14-26)19-6-5-7-22(28)27(19)13-16/h5-9,11,15-16,18,23H,10,12-14H2,1-4H3,(H,25,29)/t16-,18+,23+/m1/s1. The fourth-order valence-corrected chi connectivity index (χ4v) is 4.97. The highest BCUT2D eigenvalue weighted by Crippen LogP contribution is 2.36. The molecule has 1 saturated heterocycles. The van der Waals surface area contributed by atoms with Crippen LogP contribution in [0.15, 0.2) is 41.2 Å². The maximum absolute atomic E-state index is 13.3. The van der Waals surface area contributed by atoms with Crippen molar-refractivity contribution in [1.82, 2.24) is 14.8 Å². The molecular weight excluding hydrogens is 394 g/mol. The Bertz CT molecular complexity index is 1020. The minimum absolute atomic E-state index is 0.0541. The van der Waals surface area contributed by atoms with Gasteiger partial charge in [0.1, 0.15) is 0 Å². The molecule has 1 aromatic heterocycles. The number of benzene rings is 1. The van der Waals surface area contributed by atoms with Crippen molar-refractivity contribution in [3.8, 4) is 11.5 Å². The lowest BCUT2D eigenvalue weighted by atomic mass is 9.83. The van der Waals surface area contributed by atoms with Gasteiger partial charge < -0.3 is 24.3 Å². The number of methoxy groups -OCH3 is 2. The van der Waals surface area contributed by atoms with E-state index in [-0.39, 0.29) is 29.5 Å². The number of likely N-dealkylation sites (tertiary alicyclic amines) is 1. The number of ether oxygens (including phenoxy) is 2. The summed E-state index contributed by atoms with van der Waals surface area (Å²) < 4.78 is 12.7. The number of carbonyl (C=O) groups is 1. The number of nitrogens with zero attached hydrogens (tertiary/aromatic N) is 2. The Morgan fingerprint density at radius 3 is 2.55 bits per heavy atom. The fourth-order valence-electron chi connectivity index (χ4n) is 4.97. The first-order valence-electron chi connectivity index (χ1n) is 10.9. The van der Waals surface area contributed by atoms with Gasteiger partial charge in [-0.25, -0.2) is 4.79 Å². The first kappa shape index (κ1) is 21.3. The summed E-state index contributed by atoms with van der Waals surface area (Å²) in [5.74, 6) is 2.01. The minimum atomic E-state index is -0.149. The first-order valence-corrected chi connectivity index (χ1v) is 10.9. The summed E-state index contributed by atoms with van der Waals surface area (Å²) in [6.45, 7) is 6.16. The van der Waals surface area contributed by atoms with Gasteiger partial charge in [-0.1, -0.05) is 26.0 Å². The highest BCUT2D eigenvalue weighted by atomic mass is 16.5. The van der Waals surface area contributed by atoms with Gasteiger partial charge in [-0.3, -0.25) is 4.79 Å². The number of hydrogen-bond donors (Lipinski definition) is 1. The fraction of sp³-hybridized carbons (Fsp3) is 0.500. The third kappa shape index (κ3) is 4.13. The number of pyridine rings is 1. The number of fused-ring (bicyclic) bond motifs is 4. The lowest BCUT2D eigenvalue weighted by molar-refractivity contribution is 0.127.